The monoisotopic (exact) mass is 260 g/mol. The Morgan fingerprint density at radius 2 is 2.22 bits per heavy atom. The van der Waals surface area contributed by atoms with E-state index in [2.05, 4.69) is 9.72 Å². The number of halogens is 2. The molecule has 0 fully saturated rings. The summed E-state index contributed by atoms with van der Waals surface area (Å²) in [5, 5.41) is 10.6. The Morgan fingerprint density at radius 1 is 1.56 bits per heavy atom. The van der Waals surface area contributed by atoms with E-state index in [-0.39, 0.29) is 12.2 Å². The first kappa shape index (κ1) is 13.9. The van der Waals surface area contributed by atoms with Crippen LogP contribution in [0.15, 0.2) is 12.4 Å². The predicted octanol–water partition coefficient (Wildman–Crippen LogP) is 2.03. The second-order valence-corrected chi connectivity index (χ2v) is 3.27. The van der Waals surface area contributed by atoms with Gasteiger partial charge in [0, 0.05) is 6.20 Å². The van der Waals surface area contributed by atoms with E-state index in [0.717, 1.165) is 12.4 Å². The van der Waals surface area contributed by atoms with Crippen molar-refractivity contribution in [1.82, 2.24) is 4.98 Å². The van der Waals surface area contributed by atoms with E-state index >= 15 is 0 Å². The van der Waals surface area contributed by atoms with Crippen LogP contribution in [-0.4, -0.2) is 22.5 Å². The molecule has 0 N–H and O–H groups in total. The topological polar surface area (TPSA) is 82.3 Å². The molecule has 0 saturated heterocycles. The molecule has 8 heteroatoms. The van der Waals surface area contributed by atoms with Crippen molar-refractivity contribution in [2.75, 3.05) is 6.61 Å². The Bertz CT molecular complexity index is 465. The Hall–Kier alpha value is -2.12. The minimum absolute atomic E-state index is 0.102. The van der Waals surface area contributed by atoms with Gasteiger partial charge in [-0.25, -0.2) is 8.78 Å². The average molecular weight is 260 g/mol. The lowest BCUT2D eigenvalue weighted by Crippen LogP contribution is -2.11. The number of hydrogen-bond acceptors (Lipinski definition) is 5. The van der Waals surface area contributed by atoms with Gasteiger partial charge in [0.25, 0.3) is 12.1 Å². The number of aromatic nitrogens is 1. The van der Waals surface area contributed by atoms with Crippen molar-refractivity contribution in [3.05, 3.63) is 33.6 Å². The minimum atomic E-state index is -3.06. The summed E-state index contributed by atoms with van der Waals surface area (Å²) >= 11 is 0. The van der Waals surface area contributed by atoms with Gasteiger partial charge in [-0.05, 0) is 12.5 Å². The zero-order valence-corrected chi connectivity index (χ0v) is 9.43. The average Bonchev–Trinajstić information content (AvgIpc) is 2.28. The van der Waals surface area contributed by atoms with Gasteiger partial charge in [0.05, 0.1) is 18.0 Å². The maximum Gasteiger partial charge on any atom is 0.310 e. The van der Waals surface area contributed by atoms with Crippen molar-refractivity contribution in [3.63, 3.8) is 0 Å². The normalized spacial score (nSPS) is 10.4. The lowest BCUT2D eigenvalue weighted by molar-refractivity contribution is -0.386. The van der Waals surface area contributed by atoms with Crippen molar-refractivity contribution in [2.24, 2.45) is 0 Å². The Kier molecular flexibility index (Phi) is 4.64. The Balaban J connectivity index is 3.15. The van der Waals surface area contributed by atoms with Gasteiger partial charge in [-0.3, -0.25) is 19.9 Å². The first-order valence-electron chi connectivity index (χ1n) is 5.02. The summed E-state index contributed by atoms with van der Waals surface area (Å²) < 4.78 is 30.2. The summed E-state index contributed by atoms with van der Waals surface area (Å²) in [6.07, 6.45) is -1.79. The molecule has 0 aromatic carbocycles. The molecule has 0 atom stereocenters. The van der Waals surface area contributed by atoms with Crippen LogP contribution < -0.4 is 0 Å². The van der Waals surface area contributed by atoms with E-state index in [0.29, 0.717) is 0 Å². The molecule has 0 aliphatic heterocycles. The first-order chi connectivity index (χ1) is 8.47. The second-order valence-electron chi connectivity index (χ2n) is 3.27. The van der Waals surface area contributed by atoms with Crippen LogP contribution in [0.1, 0.15) is 24.5 Å². The van der Waals surface area contributed by atoms with E-state index in [1.165, 1.54) is 0 Å². The molecule has 0 saturated carbocycles. The molecule has 6 nitrogen and oxygen atoms in total. The van der Waals surface area contributed by atoms with Crippen molar-refractivity contribution in [3.8, 4) is 0 Å². The number of alkyl halides is 2. The van der Waals surface area contributed by atoms with E-state index in [9.17, 15) is 23.7 Å². The molecule has 18 heavy (non-hydrogen) atoms. The van der Waals surface area contributed by atoms with Gasteiger partial charge in [0.2, 0.25) is 0 Å². The standard InChI is InChI=1S/C10H10F2N2O4/c1-2-18-8(15)3-6-4-13-5-7(14(16)17)9(6)10(11)12/h4-5,10H,2-3H2,1H3. The van der Waals surface area contributed by atoms with Crippen LogP contribution in [0, 0.1) is 10.1 Å². The molecular weight excluding hydrogens is 250 g/mol. The third kappa shape index (κ3) is 3.19. The number of carbonyl (C=O) groups excluding carboxylic acids is 1. The number of nitrogens with zero attached hydrogens (tertiary/aromatic N) is 2. The second kappa shape index (κ2) is 5.99. The molecule has 0 aliphatic rings. The molecule has 0 aliphatic carbocycles. The molecule has 98 valence electrons. The van der Waals surface area contributed by atoms with Crippen molar-refractivity contribution >= 4 is 11.7 Å². The molecule has 1 heterocycles. The van der Waals surface area contributed by atoms with Gasteiger partial charge in [0.15, 0.2) is 0 Å². The molecule has 0 amide bonds. The Morgan fingerprint density at radius 3 is 2.72 bits per heavy atom. The van der Waals surface area contributed by atoms with Gasteiger partial charge in [-0.1, -0.05) is 0 Å². The summed E-state index contributed by atoms with van der Waals surface area (Å²) in [6, 6.07) is 0. The van der Waals surface area contributed by atoms with E-state index < -0.39 is 35.0 Å². The summed E-state index contributed by atoms with van der Waals surface area (Å²) in [4.78, 5) is 24.3. The summed E-state index contributed by atoms with van der Waals surface area (Å²) in [7, 11) is 0. The van der Waals surface area contributed by atoms with Gasteiger partial charge in [-0.2, -0.15) is 0 Å². The quantitative estimate of drug-likeness (QED) is 0.459. The fourth-order valence-corrected chi connectivity index (χ4v) is 1.41. The highest BCUT2D eigenvalue weighted by Gasteiger charge is 2.27. The number of esters is 1. The van der Waals surface area contributed by atoms with Gasteiger partial charge in [-0.15, -0.1) is 0 Å². The maximum atomic E-state index is 12.8. The van der Waals surface area contributed by atoms with Crippen LogP contribution in [0.3, 0.4) is 0 Å². The fraction of sp³-hybridized carbons (Fsp3) is 0.400. The van der Waals surface area contributed by atoms with Crippen molar-refractivity contribution in [1.29, 1.82) is 0 Å². The van der Waals surface area contributed by atoms with Crippen LogP contribution in [0.25, 0.3) is 0 Å². The smallest absolute Gasteiger partial charge is 0.310 e. The first-order valence-corrected chi connectivity index (χ1v) is 5.02. The number of rotatable bonds is 5. The largest absolute Gasteiger partial charge is 0.466 e. The predicted molar refractivity (Wildman–Crippen MR) is 56.2 cm³/mol. The molecule has 0 unspecified atom stereocenters. The van der Waals surface area contributed by atoms with Crippen LogP contribution in [0.5, 0.6) is 0 Å². The number of ether oxygens (including phenoxy) is 1. The zero-order chi connectivity index (χ0) is 13.7. The fourth-order valence-electron chi connectivity index (χ4n) is 1.41. The Labute approximate surface area is 101 Å². The third-order valence-corrected chi connectivity index (χ3v) is 2.10. The number of hydrogen-bond donors (Lipinski definition) is 0. The number of nitro groups is 1. The van der Waals surface area contributed by atoms with Crippen LogP contribution >= 0.6 is 0 Å². The van der Waals surface area contributed by atoms with Crippen molar-refractivity contribution < 1.29 is 23.2 Å². The highest BCUT2D eigenvalue weighted by atomic mass is 19.3. The van der Waals surface area contributed by atoms with E-state index in [1.807, 2.05) is 0 Å². The van der Waals surface area contributed by atoms with Gasteiger partial charge in [0.1, 0.15) is 11.8 Å². The van der Waals surface area contributed by atoms with Crippen LogP contribution in [0.2, 0.25) is 0 Å². The molecule has 1 aromatic heterocycles. The highest BCUT2D eigenvalue weighted by Crippen LogP contribution is 2.31. The van der Waals surface area contributed by atoms with E-state index in [4.69, 9.17) is 0 Å². The molecule has 0 radical (unpaired) electrons. The summed E-state index contributed by atoms with van der Waals surface area (Å²) in [5.74, 6) is -0.735. The number of carbonyl (C=O) groups is 1. The van der Waals surface area contributed by atoms with E-state index in [1.54, 1.807) is 6.92 Å². The lowest BCUT2D eigenvalue weighted by atomic mass is 10.1. The van der Waals surface area contributed by atoms with Crippen LogP contribution in [-0.2, 0) is 16.0 Å². The molecule has 0 spiro atoms. The SMILES string of the molecule is CCOC(=O)Cc1cncc([N+](=O)[O-])c1C(F)F. The highest BCUT2D eigenvalue weighted by molar-refractivity contribution is 5.73. The molecule has 1 aromatic rings. The van der Waals surface area contributed by atoms with Crippen LogP contribution in [0.4, 0.5) is 14.5 Å². The van der Waals surface area contributed by atoms with Gasteiger partial charge < -0.3 is 4.74 Å². The lowest BCUT2D eigenvalue weighted by Gasteiger charge is -2.08. The zero-order valence-electron chi connectivity index (χ0n) is 9.43. The maximum absolute atomic E-state index is 12.8. The third-order valence-electron chi connectivity index (χ3n) is 2.10. The molecular formula is C10H10F2N2O4. The minimum Gasteiger partial charge on any atom is -0.466 e. The molecule has 0 bridgehead atoms. The number of pyridine rings is 1. The molecule has 1 rings (SSSR count). The summed E-state index contributed by atoms with van der Waals surface area (Å²) in [5.41, 5.74) is -1.78. The van der Waals surface area contributed by atoms with Gasteiger partial charge >= 0.3 is 5.97 Å². The summed E-state index contributed by atoms with van der Waals surface area (Å²) in [6.45, 7) is 1.67. The van der Waals surface area contributed by atoms with Crippen molar-refractivity contribution in [2.45, 2.75) is 19.8 Å².